The van der Waals surface area contributed by atoms with E-state index < -0.39 is 0 Å². The van der Waals surface area contributed by atoms with Crippen LogP contribution < -0.4 is 0 Å². The monoisotopic (exact) mass is 294 g/mol. The molecule has 1 aromatic rings. The highest BCUT2D eigenvalue weighted by atomic mass is 32.1. The second-order valence-corrected chi connectivity index (χ2v) is 6.56. The van der Waals surface area contributed by atoms with Crippen LogP contribution in [0.2, 0.25) is 0 Å². The number of allylic oxidation sites excluding steroid dienone is 1. The Balaban J connectivity index is 1.89. The topological polar surface area (TPSA) is 62.5 Å². The Kier molecular flexibility index (Phi) is 3.60. The van der Waals surface area contributed by atoms with Gasteiger partial charge in [-0.3, -0.25) is 10.1 Å². The summed E-state index contributed by atoms with van der Waals surface area (Å²) in [5.74, 6) is 0.846. The molecule has 0 bridgehead atoms. The second kappa shape index (κ2) is 5.40. The van der Waals surface area contributed by atoms with Crippen LogP contribution in [-0.2, 0) is 6.54 Å². The molecule has 1 aromatic heterocycles. The van der Waals surface area contributed by atoms with Gasteiger partial charge in [0.05, 0.1) is 16.5 Å². The molecule has 0 amide bonds. The molecule has 0 atom stereocenters. The minimum absolute atomic E-state index is 0.191. The van der Waals surface area contributed by atoms with Crippen LogP contribution in [0.3, 0.4) is 0 Å². The molecule has 1 fully saturated rings. The van der Waals surface area contributed by atoms with Gasteiger partial charge in [-0.05, 0) is 19.8 Å². The third-order valence-electron chi connectivity index (χ3n) is 3.82. The van der Waals surface area contributed by atoms with Crippen LogP contribution in [0.25, 0.3) is 0 Å². The predicted octanol–water partition coefficient (Wildman–Crippen LogP) is 2.20. The lowest BCUT2D eigenvalue weighted by Crippen LogP contribution is -2.25. The van der Waals surface area contributed by atoms with Gasteiger partial charge < -0.3 is 9.80 Å². The van der Waals surface area contributed by atoms with Crippen molar-refractivity contribution in [2.45, 2.75) is 32.7 Å². The largest absolute Gasteiger partial charge is 0.351 e. The SMILES string of the molecule is Cc1ncc(CN2CCN3CCCCC([N+](=O)[O-])=C32)s1. The van der Waals surface area contributed by atoms with Gasteiger partial charge in [-0.25, -0.2) is 4.98 Å². The molecule has 2 aliphatic heterocycles. The lowest BCUT2D eigenvalue weighted by molar-refractivity contribution is -0.431. The zero-order valence-electron chi connectivity index (χ0n) is 11.5. The Morgan fingerprint density at radius 1 is 1.40 bits per heavy atom. The van der Waals surface area contributed by atoms with Gasteiger partial charge in [0.25, 0.3) is 5.70 Å². The van der Waals surface area contributed by atoms with Crippen molar-refractivity contribution in [1.82, 2.24) is 14.8 Å². The summed E-state index contributed by atoms with van der Waals surface area (Å²) in [4.78, 5) is 20.9. The first kappa shape index (κ1) is 13.4. The van der Waals surface area contributed by atoms with Gasteiger partial charge in [0.2, 0.25) is 0 Å². The third kappa shape index (κ3) is 2.49. The molecule has 3 heterocycles. The van der Waals surface area contributed by atoms with Gasteiger partial charge in [-0.2, -0.15) is 0 Å². The van der Waals surface area contributed by atoms with E-state index in [1.54, 1.807) is 11.3 Å². The fraction of sp³-hybridized carbons (Fsp3) is 0.615. The van der Waals surface area contributed by atoms with Crippen LogP contribution in [0, 0.1) is 17.0 Å². The Morgan fingerprint density at radius 2 is 2.25 bits per heavy atom. The van der Waals surface area contributed by atoms with Gasteiger partial charge in [0.1, 0.15) is 0 Å². The highest BCUT2D eigenvalue weighted by Gasteiger charge is 2.35. The van der Waals surface area contributed by atoms with E-state index in [0.717, 1.165) is 49.8 Å². The molecule has 3 rings (SSSR count). The highest BCUT2D eigenvalue weighted by molar-refractivity contribution is 7.11. The first-order valence-electron chi connectivity index (χ1n) is 6.94. The number of rotatable bonds is 3. The van der Waals surface area contributed by atoms with E-state index in [1.807, 2.05) is 13.1 Å². The summed E-state index contributed by atoms with van der Waals surface area (Å²) in [5.41, 5.74) is 0.390. The van der Waals surface area contributed by atoms with E-state index in [9.17, 15) is 10.1 Å². The Hall–Kier alpha value is -1.63. The Bertz CT molecular complexity index is 554. The maximum absolute atomic E-state index is 11.3. The van der Waals surface area contributed by atoms with Gasteiger partial charge in [0, 0.05) is 37.1 Å². The lowest BCUT2D eigenvalue weighted by atomic mass is 10.2. The molecule has 6 nitrogen and oxygen atoms in total. The molecule has 20 heavy (non-hydrogen) atoms. The van der Waals surface area contributed by atoms with Crippen molar-refractivity contribution in [3.05, 3.63) is 37.7 Å². The summed E-state index contributed by atoms with van der Waals surface area (Å²) < 4.78 is 0. The molecule has 1 saturated heterocycles. The molecule has 0 radical (unpaired) electrons. The van der Waals surface area contributed by atoms with E-state index in [1.165, 1.54) is 4.88 Å². The molecule has 7 heteroatoms. The molecular weight excluding hydrogens is 276 g/mol. The number of hydrogen-bond donors (Lipinski definition) is 0. The Morgan fingerprint density at radius 3 is 2.95 bits per heavy atom. The molecule has 2 aliphatic rings. The number of nitrogens with zero attached hydrogens (tertiary/aromatic N) is 4. The number of thiazole rings is 1. The number of fused-ring (bicyclic) bond motifs is 1. The first-order valence-corrected chi connectivity index (χ1v) is 7.75. The zero-order chi connectivity index (χ0) is 14.1. The molecule has 0 aromatic carbocycles. The van der Waals surface area contributed by atoms with Crippen molar-refractivity contribution >= 4 is 11.3 Å². The van der Waals surface area contributed by atoms with E-state index >= 15 is 0 Å². The molecule has 0 unspecified atom stereocenters. The maximum Gasteiger partial charge on any atom is 0.286 e. The van der Waals surface area contributed by atoms with Crippen LogP contribution in [0.4, 0.5) is 0 Å². The summed E-state index contributed by atoms with van der Waals surface area (Å²) in [7, 11) is 0. The van der Waals surface area contributed by atoms with Crippen molar-refractivity contribution in [2.75, 3.05) is 19.6 Å². The summed E-state index contributed by atoms with van der Waals surface area (Å²) in [6.45, 7) is 5.41. The highest BCUT2D eigenvalue weighted by Crippen LogP contribution is 2.30. The smallest absolute Gasteiger partial charge is 0.286 e. The number of aromatic nitrogens is 1. The van der Waals surface area contributed by atoms with E-state index in [2.05, 4.69) is 14.8 Å². The Labute approximate surface area is 121 Å². The number of nitro groups is 1. The minimum atomic E-state index is -0.191. The minimum Gasteiger partial charge on any atom is -0.351 e. The lowest BCUT2D eigenvalue weighted by Gasteiger charge is -2.22. The number of aryl methyl sites for hydroxylation is 1. The van der Waals surface area contributed by atoms with E-state index in [-0.39, 0.29) is 4.92 Å². The normalized spacial score (nSPS) is 19.2. The van der Waals surface area contributed by atoms with Gasteiger partial charge >= 0.3 is 0 Å². The third-order valence-corrected chi connectivity index (χ3v) is 4.72. The molecule has 0 saturated carbocycles. The van der Waals surface area contributed by atoms with Gasteiger partial charge in [0.15, 0.2) is 5.82 Å². The van der Waals surface area contributed by atoms with Crippen LogP contribution in [0.15, 0.2) is 17.7 Å². The molecule has 108 valence electrons. The van der Waals surface area contributed by atoms with Gasteiger partial charge in [-0.15, -0.1) is 11.3 Å². The quantitative estimate of drug-likeness (QED) is 0.631. The molecule has 0 aliphatic carbocycles. The molecule has 0 spiro atoms. The van der Waals surface area contributed by atoms with Gasteiger partial charge in [-0.1, -0.05) is 0 Å². The summed E-state index contributed by atoms with van der Waals surface area (Å²) >= 11 is 1.67. The summed E-state index contributed by atoms with van der Waals surface area (Å²) in [6, 6.07) is 0. The van der Waals surface area contributed by atoms with Crippen molar-refractivity contribution in [3.63, 3.8) is 0 Å². The van der Waals surface area contributed by atoms with Crippen molar-refractivity contribution in [2.24, 2.45) is 0 Å². The first-order chi connectivity index (χ1) is 9.65. The van der Waals surface area contributed by atoms with Crippen LogP contribution in [-0.4, -0.2) is 39.3 Å². The summed E-state index contributed by atoms with van der Waals surface area (Å²) in [6.07, 6.45) is 4.40. The van der Waals surface area contributed by atoms with Crippen molar-refractivity contribution < 1.29 is 4.92 Å². The van der Waals surface area contributed by atoms with E-state index in [4.69, 9.17) is 0 Å². The standard InChI is InChI=1S/C13H18N4O2S/c1-10-14-8-11(20-10)9-16-7-6-15-5-3-2-4-12(13(15)16)17(18)19/h8H,2-7,9H2,1H3. The zero-order valence-corrected chi connectivity index (χ0v) is 12.4. The fourth-order valence-electron chi connectivity index (χ4n) is 2.94. The second-order valence-electron chi connectivity index (χ2n) is 5.24. The van der Waals surface area contributed by atoms with Crippen LogP contribution in [0.5, 0.6) is 0 Å². The van der Waals surface area contributed by atoms with Crippen molar-refractivity contribution in [3.8, 4) is 0 Å². The van der Waals surface area contributed by atoms with Crippen LogP contribution >= 0.6 is 11.3 Å². The summed E-state index contributed by atoms with van der Waals surface area (Å²) in [5, 5.41) is 12.4. The molecule has 0 N–H and O–H groups in total. The average molecular weight is 294 g/mol. The average Bonchev–Trinajstić information content (AvgIpc) is 2.91. The molecular formula is C13H18N4O2S. The van der Waals surface area contributed by atoms with E-state index in [0.29, 0.717) is 12.1 Å². The van der Waals surface area contributed by atoms with Crippen molar-refractivity contribution in [1.29, 1.82) is 0 Å². The fourth-order valence-corrected chi connectivity index (χ4v) is 3.75. The van der Waals surface area contributed by atoms with Crippen LogP contribution in [0.1, 0.15) is 29.1 Å². The number of hydrogen-bond acceptors (Lipinski definition) is 6. The maximum atomic E-state index is 11.3. The predicted molar refractivity (Wildman–Crippen MR) is 76.7 cm³/mol.